The maximum absolute atomic E-state index is 12.2. The molecule has 0 aliphatic carbocycles. The van der Waals surface area contributed by atoms with Crippen molar-refractivity contribution in [2.24, 2.45) is 0 Å². The third kappa shape index (κ3) is 6.38. The van der Waals surface area contributed by atoms with Crippen LogP contribution in [0.3, 0.4) is 0 Å². The highest BCUT2D eigenvalue weighted by molar-refractivity contribution is 7.92. The number of nitrogens with one attached hydrogen (secondary N) is 1. The number of ether oxygens (including phenoxy) is 3. The van der Waals surface area contributed by atoms with Crippen molar-refractivity contribution >= 4 is 15.7 Å². The van der Waals surface area contributed by atoms with Crippen molar-refractivity contribution in [3.8, 4) is 11.5 Å². The van der Waals surface area contributed by atoms with E-state index in [4.69, 9.17) is 14.2 Å². The molecule has 2 aromatic rings. The van der Waals surface area contributed by atoms with Gasteiger partial charge in [0.2, 0.25) is 10.0 Å². The van der Waals surface area contributed by atoms with Crippen LogP contribution in [0.25, 0.3) is 0 Å². The van der Waals surface area contributed by atoms with Crippen molar-refractivity contribution in [1.29, 1.82) is 0 Å². The van der Waals surface area contributed by atoms with Crippen LogP contribution in [0.4, 0.5) is 5.69 Å². The van der Waals surface area contributed by atoms with Crippen molar-refractivity contribution in [2.45, 2.75) is 6.92 Å². The SMILES string of the molecule is COCCOCCS(=O)(=O)Nc1ccccc1Oc1ccccc1C. The summed E-state index contributed by atoms with van der Waals surface area (Å²) in [5.41, 5.74) is 1.36. The fraction of sp³-hybridized carbons (Fsp3) is 0.333. The number of hydrogen-bond acceptors (Lipinski definition) is 5. The zero-order valence-electron chi connectivity index (χ0n) is 14.4. The van der Waals surface area contributed by atoms with Gasteiger partial charge >= 0.3 is 0 Å². The summed E-state index contributed by atoms with van der Waals surface area (Å²) < 4.78 is 42.9. The molecule has 6 nitrogen and oxygen atoms in total. The van der Waals surface area contributed by atoms with E-state index in [0.717, 1.165) is 5.56 Å². The van der Waals surface area contributed by atoms with E-state index in [1.54, 1.807) is 31.4 Å². The van der Waals surface area contributed by atoms with Crippen LogP contribution in [0.15, 0.2) is 48.5 Å². The lowest BCUT2D eigenvalue weighted by atomic mass is 10.2. The summed E-state index contributed by atoms with van der Waals surface area (Å²) >= 11 is 0. The Morgan fingerprint density at radius 3 is 2.32 bits per heavy atom. The van der Waals surface area contributed by atoms with E-state index < -0.39 is 10.0 Å². The molecule has 0 atom stereocenters. The molecule has 0 aromatic heterocycles. The van der Waals surface area contributed by atoms with Crippen LogP contribution >= 0.6 is 0 Å². The van der Waals surface area contributed by atoms with Gasteiger partial charge in [-0.15, -0.1) is 0 Å². The molecule has 25 heavy (non-hydrogen) atoms. The zero-order chi connectivity index (χ0) is 18.1. The van der Waals surface area contributed by atoms with Crippen molar-refractivity contribution in [1.82, 2.24) is 0 Å². The number of hydrogen-bond donors (Lipinski definition) is 1. The van der Waals surface area contributed by atoms with Crippen LogP contribution in [0, 0.1) is 6.92 Å². The number of sulfonamides is 1. The predicted octanol–water partition coefficient (Wildman–Crippen LogP) is 3.19. The second-order valence-corrected chi connectivity index (χ2v) is 7.23. The van der Waals surface area contributed by atoms with Gasteiger partial charge in [0.05, 0.1) is 31.3 Å². The largest absolute Gasteiger partial charge is 0.455 e. The van der Waals surface area contributed by atoms with Gasteiger partial charge in [0.1, 0.15) is 5.75 Å². The molecule has 0 aliphatic heterocycles. The molecule has 2 rings (SSSR count). The quantitative estimate of drug-likeness (QED) is 0.655. The molecular weight excluding hydrogens is 342 g/mol. The Labute approximate surface area is 148 Å². The Balaban J connectivity index is 2.03. The number of methoxy groups -OCH3 is 1. The van der Waals surface area contributed by atoms with Crippen molar-refractivity contribution in [3.05, 3.63) is 54.1 Å². The van der Waals surface area contributed by atoms with Crippen LogP contribution in [0.5, 0.6) is 11.5 Å². The smallest absolute Gasteiger partial charge is 0.235 e. The fourth-order valence-corrected chi connectivity index (χ4v) is 3.00. The molecule has 0 spiro atoms. The average Bonchev–Trinajstić information content (AvgIpc) is 2.58. The van der Waals surface area contributed by atoms with Gasteiger partial charge in [-0.05, 0) is 30.7 Å². The Bertz CT molecular complexity index is 777. The lowest BCUT2D eigenvalue weighted by molar-refractivity contribution is 0.0785. The van der Waals surface area contributed by atoms with Crippen LogP contribution in [-0.2, 0) is 19.5 Å². The summed E-state index contributed by atoms with van der Waals surface area (Å²) in [5.74, 6) is 0.979. The van der Waals surface area contributed by atoms with E-state index in [1.165, 1.54) is 0 Å². The third-order valence-electron chi connectivity index (χ3n) is 3.39. The summed E-state index contributed by atoms with van der Waals surface area (Å²) in [6.07, 6.45) is 0. The summed E-state index contributed by atoms with van der Waals surface area (Å²) in [6.45, 7) is 2.82. The molecule has 1 N–H and O–H groups in total. The highest BCUT2D eigenvalue weighted by atomic mass is 32.2. The highest BCUT2D eigenvalue weighted by Gasteiger charge is 2.14. The molecule has 7 heteroatoms. The minimum atomic E-state index is -3.54. The van der Waals surface area contributed by atoms with Gasteiger partial charge in [-0.3, -0.25) is 4.72 Å². The average molecular weight is 365 g/mol. The molecule has 0 saturated carbocycles. The molecule has 0 heterocycles. The molecule has 0 radical (unpaired) electrons. The van der Waals surface area contributed by atoms with Crippen molar-refractivity contribution in [3.63, 3.8) is 0 Å². The Morgan fingerprint density at radius 2 is 1.60 bits per heavy atom. The maximum atomic E-state index is 12.2. The molecule has 0 saturated heterocycles. The van der Waals surface area contributed by atoms with Gasteiger partial charge in [0.25, 0.3) is 0 Å². The second kappa shape index (κ2) is 9.41. The summed E-state index contributed by atoms with van der Waals surface area (Å²) in [7, 11) is -1.98. The Hall–Kier alpha value is -2.09. The summed E-state index contributed by atoms with van der Waals surface area (Å²) in [4.78, 5) is 0. The van der Waals surface area contributed by atoms with Crippen molar-refractivity contribution in [2.75, 3.05) is 37.4 Å². The molecule has 2 aromatic carbocycles. The van der Waals surface area contributed by atoms with E-state index in [2.05, 4.69) is 4.72 Å². The predicted molar refractivity (Wildman–Crippen MR) is 97.8 cm³/mol. The van der Waals surface area contributed by atoms with E-state index in [9.17, 15) is 8.42 Å². The zero-order valence-corrected chi connectivity index (χ0v) is 15.2. The van der Waals surface area contributed by atoms with E-state index >= 15 is 0 Å². The maximum Gasteiger partial charge on any atom is 0.235 e. The molecular formula is C18H23NO5S. The number of rotatable bonds is 10. The minimum absolute atomic E-state index is 0.0967. The normalized spacial score (nSPS) is 11.3. The van der Waals surface area contributed by atoms with Gasteiger partial charge in [-0.1, -0.05) is 30.3 Å². The number of aryl methyl sites for hydroxylation is 1. The van der Waals surface area contributed by atoms with Gasteiger partial charge in [-0.2, -0.15) is 0 Å². The molecule has 0 amide bonds. The third-order valence-corrected chi connectivity index (χ3v) is 4.63. The monoisotopic (exact) mass is 365 g/mol. The van der Waals surface area contributed by atoms with E-state index in [0.29, 0.717) is 30.4 Å². The van der Waals surface area contributed by atoms with Gasteiger partial charge in [0.15, 0.2) is 5.75 Å². The Kier molecular flexibility index (Phi) is 7.24. The topological polar surface area (TPSA) is 73.9 Å². The standard InChI is InChI=1S/C18H23NO5S/c1-15-7-3-5-9-17(15)24-18-10-6-4-8-16(18)19-25(20,21)14-13-23-12-11-22-2/h3-10,19H,11-14H2,1-2H3. The van der Waals surface area contributed by atoms with Gasteiger partial charge < -0.3 is 14.2 Å². The first-order valence-electron chi connectivity index (χ1n) is 7.91. The number of para-hydroxylation sites is 3. The minimum Gasteiger partial charge on any atom is -0.455 e. The lowest BCUT2D eigenvalue weighted by Gasteiger charge is -2.14. The summed E-state index contributed by atoms with van der Waals surface area (Å²) in [6, 6.07) is 14.5. The number of anilines is 1. The van der Waals surface area contributed by atoms with Crippen LogP contribution in [-0.4, -0.2) is 41.1 Å². The molecule has 0 unspecified atom stereocenters. The highest BCUT2D eigenvalue weighted by Crippen LogP contribution is 2.31. The van der Waals surface area contributed by atoms with Crippen LogP contribution < -0.4 is 9.46 Å². The fourth-order valence-electron chi connectivity index (χ4n) is 2.06. The molecule has 0 fully saturated rings. The molecule has 0 bridgehead atoms. The van der Waals surface area contributed by atoms with Crippen LogP contribution in [0.1, 0.15) is 5.56 Å². The first-order valence-corrected chi connectivity index (χ1v) is 9.57. The number of benzene rings is 2. The Morgan fingerprint density at radius 1 is 0.920 bits per heavy atom. The summed E-state index contributed by atoms with van der Waals surface area (Å²) in [5, 5.41) is 0. The first-order chi connectivity index (χ1) is 12.0. The molecule has 136 valence electrons. The van der Waals surface area contributed by atoms with Gasteiger partial charge in [0, 0.05) is 7.11 Å². The van der Waals surface area contributed by atoms with Gasteiger partial charge in [-0.25, -0.2) is 8.42 Å². The lowest BCUT2D eigenvalue weighted by Crippen LogP contribution is -2.21. The second-order valence-electron chi connectivity index (χ2n) is 5.39. The van der Waals surface area contributed by atoms with Crippen LogP contribution in [0.2, 0.25) is 0 Å². The van der Waals surface area contributed by atoms with E-state index in [-0.39, 0.29) is 12.4 Å². The van der Waals surface area contributed by atoms with Crippen molar-refractivity contribution < 1.29 is 22.6 Å². The van der Waals surface area contributed by atoms with E-state index in [1.807, 2.05) is 31.2 Å². The first kappa shape index (κ1) is 19.2. The molecule has 0 aliphatic rings.